The Kier molecular flexibility index (Phi) is 4.65. The van der Waals surface area contributed by atoms with Crippen LogP contribution in [0.1, 0.15) is 27.7 Å². The van der Waals surface area contributed by atoms with E-state index in [0.29, 0.717) is 10.7 Å². The van der Waals surface area contributed by atoms with Gasteiger partial charge in [-0.25, -0.2) is 4.79 Å². The average molecular weight is 299 g/mol. The fraction of sp³-hybridized carbons (Fsp3) is 0.429. The van der Waals surface area contributed by atoms with Crippen LogP contribution in [0.2, 0.25) is 5.02 Å². The van der Waals surface area contributed by atoms with Crippen LogP contribution < -0.4 is 10.6 Å². The molecule has 2 amide bonds. The quantitative estimate of drug-likeness (QED) is 0.797. The van der Waals surface area contributed by atoms with Gasteiger partial charge in [-0.2, -0.15) is 0 Å². The van der Waals surface area contributed by atoms with Crippen LogP contribution in [0.5, 0.6) is 0 Å². The topological polar surface area (TPSA) is 78.4 Å². The highest BCUT2D eigenvalue weighted by Gasteiger charge is 2.44. The summed E-state index contributed by atoms with van der Waals surface area (Å²) in [5, 5.41) is 14.9. The molecule has 0 aromatic heterocycles. The highest BCUT2D eigenvalue weighted by atomic mass is 35.5. The molecule has 110 valence electrons. The first-order valence-corrected chi connectivity index (χ1v) is 6.53. The lowest BCUT2D eigenvalue weighted by molar-refractivity contribution is -0.150. The van der Waals surface area contributed by atoms with Gasteiger partial charge >= 0.3 is 12.0 Å². The normalized spacial score (nSPS) is 11.8. The zero-order chi connectivity index (χ0) is 15.6. The predicted octanol–water partition coefficient (Wildman–Crippen LogP) is 3.35. The van der Waals surface area contributed by atoms with Gasteiger partial charge in [-0.1, -0.05) is 23.7 Å². The van der Waals surface area contributed by atoms with E-state index in [1.807, 2.05) is 0 Å². The van der Waals surface area contributed by atoms with Gasteiger partial charge < -0.3 is 15.7 Å². The minimum absolute atomic E-state index is 0.415. The summed E-state index contributed by atoms with van der Waals surface area (Å²) < 4.78 is 0. The van der Waals surface area contributed by atoms with Crippen LogP contribution in [0.4, 0.5) is 10.5 Å². The molecule has 0 spiro atoms. The monoisotopic (exact) mass is 298 g/mol. The molecule has 0 aliphatic carbocycles. The predicted molar refractivity (Wildman–Crippen MR) is 79.1 cm³/mol. The van der Waals surface area contributed by atoms with Gasteiger partial charge in [-0.3, -0.25) is 4.79 Å². The van der Waals surface area contributed by atoms with E-state index in [-0.39, 0.29) is 0 Å². The summed E-state index contributed by atoms with van der Waals surface area (Å²) >= 11 is 5.94. The van der Waals surface area contributed by atoms with Crippen molar-refractivity contribution in [2.75, 3.05) is 5.32 Å². The zero-order valence-electron chi connectivity index (χ0n) is 12.0. The average Bonchev–Trinajstić information content (AvgIpc) is 2.31. The molecule has 0 radical (unpaired) electrons. The number of urea groups is 1. The van der Waals surface area contributed by atoms with Gasteiger partial charge in [0.05, 0.1) is 21.7 Å². The second-order valence-electron chi connectivity index (χ2n) is 5.61. The number of hydrogen-bond acceptors (Lipinski definition) is 2. The maximum absolute atomic E-state index is 12.0. The molecular formula is C14H19ClN2O3. The highest BCUT2D eigenvalue weighted by Crippen LogP contribution is 2.31. The molecule has 5 nitrogen and oxygen atoms in total. The van der Waals surface area contributed by atoms with Gasteiger partial charge in [-0.15, -0.1) is 0 Å². The Hall–Kier alpha value is -1.75. The molecular weight excluding hydrogens is 280 g/mol. The Morgan fingerprint density at radius 3 is 2.20 bits per heavy atom. The number of carbonyl (C=O) groups is 2. The van der Waals surface area contributed by atoms with Crippen molar-refractivity contribution in [2.45, 2.75) is 33.2 Å². The maximum atomic E-state index is 12.0. The lowest BCUT2D eigenvalue weighted by atomic mass is 9.74. The number of halogens is 1. The van der Waals surface area contributed by atoms with Crippen molar-refractivity contribution in [3.8, 4) is 0 Å². The summed E-state index contributed by atoms with van der Waals surface area (Å²) in [7, 11) is 0. The van der Waals surface area contributed by atoms with Crippen LogP contribution in [-0.4, -0.2) is 22.6 Å². The molecule has 3 N–H and O–H groups in total. The molecule has 0 bridgehead atoms. The van der Waals surface area contributed by atoms with Crippen LogP contribution >= 0.6 is 11.6 Å². The molecule has 20 heavy (non-hydrogen) atoms. The smallest absolute Gasteiger partial charge is 0.319 e. The number of amides is 2. The Morgan fingerprint density at radius 1 is 1.15 bits per heavy atom. The first-order chi connectivity index (χ1) is 9.08. The van der Waals surface area contributed by atoms with Gasteiger partial charge in [-0.05, 0) is 39.8 Å². The highest BCUT2D eigenvalue weighted by molar-refractivity contribution is 6.33. The molecule has 0 heterocycles. The molecule has 0 saturated carbocycles. The molecule has 1 aromatic rings. The third-order valence-corrected chi connectivity index (χ3v) is 3.97. The molecule has 0 aliphatic heterocycles. The van der Waals surface area contributed by atoms with E-state index >= 15 is 0 Å². The molecule has 1 aromatic carbocycles. The van der Waals surface area contributed by atoms with Crippen molar-refractivity contribution in [3.63, 3.8) is 0 Å². The van der Waals surface area contributed by atoms with E-state index in [0.717, 1.165) is 0 Å². The molecule has 0 aliphatic rings. The van der Waals surface area contributed by atoms with Crippen molar-refractivity contribution < 1.29 is 14.7 Å². The number of aliphatic carboxylic acids is 1. The maximum Gasteiger partial charge on any atom is 0.319 e. The van der Waals surface area contributed by atoms with E-state index in [1.54, 1.807) is 52.0 Å². The van der Waals surface area contributed by atoms with Crippen LogP contribution in [0, 0.1) is 5.41 Å². The minimum atomic E-state index is -1.12. The molecule has 6 heteroatoms. The summed E-state index contributed by atoms with van der Waals surface area (Å²) in [5.41, 5.74) is -1.59. The summed E-state index contributed by atoms with van der Waals surface area (Å²) in [6.45, 7) is 6.44. The van der Waals surface area contributed by atoms with E-state index < -0.39 is 23.0 Å². The van der Waals surface area contributed by atoms with E-state index in [1.165, 1.54) is 0 Å². The summed E-state index contributed by atoms with van der Waals surface area (Å²) in [5.74, 6) is -0.986. The van der Waals surface area contributed by atoms with Crippen LogP contribution in [0.15, 0.2) is 24.3 Å². The Labute approximate surface area is 123 Å². The van der Waals surface area contributed by atoms with Gasteiger partial charge in [0.25, 0.3) is 0 Å². The van der Waals surface area contributed by atoms with Gasteiger partial charge in [0.15, 0.2) is 0 Å². The van der Waals surface area contributed by atoms with Gasteiger partial charge in [0, 0.05) is 0 Å². The number of hydrogen-bond donors (Lipinski definition) is 3. The number of carboxylic acids is 1. The first-order valence-electron chi connectivity index (χ1n) is 6.15. The number of anilines is 1. The van der Waals surface area contributed by atoms with Gasteiger partial charge in [0.1, 0.15) is 0 Å². The van der Waals surface area contributed by atoms with Crippen molar-refractivity contribution >= 4 is 29.3 Å². The molecule has 0 unspecified atom stereocenters. The fourth-order valence-corrected chi connectivity index (χ4v) is 1.61. The largest absolute Gasteiger partial charge is 0.481 e. The molecule has 0 fully saturated rings. The van der Waals surface area contributed by atoms with Crippen molar-refractivity contribution in [1.82, 2.24) is 5.32 Å². The number of rotatable bonds is 4. The molecule has 0 atom stereocenters. The Morgan fingerprint density at radius 2 is 1.70 bits per heavy atom. The number of carboxylic acid groups (broad SMARTS) is 1. The minimum Gasteiger partial charge on any atom is -0.481 e. The Balaban J connectivity index is 2.81. The lowest BCUT2D eigenvalue weighted by Crippen LogP contribution is -2.57. The summed E-state index contributed by atoms with van der Waals surface area (Å²) in [4.78, 5) is 23.2. The summed E-state index contributed by atoms with van der Waals surface area (Å²) in [6.07, 6.45) is 0. The second-order valence-corrected chi connectivity index (χ2v) is 6.02. The van der Waals surface area contributed by atoms with Crippen molar-refractivity contribution in [2.24, 2.45) is 5.41 Å². The Bertz CT molecular complexity index is 527. The van der Waals surface area contributed by atoms with Crippen LogP contribution in [-0.2, 0) is 4.79 Å². The van der Waals surface area contributed by atoms with Crippen LogP contribution in [0.3, 0.4) is 0 Å². The zero-order valence-corrected chi connectivity index (χ0v) is 12.7. The van der Waals surface area contributed by atoms with Crippen LogP contribution in [0.25, 0.3) is 0 Å². The summed E-state index contributed by atoms with van der Waals surface area (Å²) in [6, 6.07) is 6.31. The number of nitrogens with one attached hydrogen (secondary N) is 2. The van der Waals surface area contributed by atoms with E-state index in [4.69, 9.17) is 11.6 Å². The van der Waals surface area contributed by atoms with Gasteiger partial charge in [0.2, 0.25) is 0 Å². The third kappa shape index (κ3) is 3.42. The molecule has 0 saturated heterocycles. The standard InChI is InChI=1S/C14H19ClN2O3/c1-13(2,11(18)19)14(3,4)17-12(20)16-10-8-6-5-7-9(10)15/h5-8H,1-4H3,(H,18,19)(H2,16,17,20). The van der Waals surface area contributed by atoms with E-state index in [2.05, 4.69) is 10.6 Å². The second kappa shape index (κ2) is 5.71. The van der Waals surface area contributed by atoms with E-state index in [9.17, 15) is 14.7 Å². The number of para-hydroxylation sites is 1. The third-order valence-electron chi connectivity index (χ3n) is 3.65. The van der Waals surface area contributed by atoms with Crippen molar-refractivity contribution in [1.29, 1.82) is 0 Å². The number of carbonyl (C=O) groups excluding carboxylic acids is 1. The SMILES string of the molecule is CC(C)(NC(=O)Nc1ccccc1Cl)C(C)(C)C(=O)O. The number of benzene rings is 1. The first kappa shape index (κ1) is 16.3. The molecule has 1 rings (SSSR count). The fourth-order valence-electron chi connectivity index (χ4n) is 1.42. The lowest BCUT2D eigenvalue weighted by Gasteiger charge is -2.38. The van der Waals surface area contributed by atoms with Crippen molar-refractivity contribution in [3.05, 3.63) is 29.3 Å².